The number of carbonyl (C=O) groups excluding carboxylic acids is 7. The zero-order valence-corrected chi connectivity index (χ0v) is 45.9. The summed E-state index contributed by atoms with van der Waals surface area (Å²) in [7, 11) is 2.89. The monoisotopic (exact) mass is 1050 g/mol. The molecule has 0 bridgehead atoms. The summed E-state index contributed by atoms with van der Waals surface area (Å²) in [5, 5.41) is 22.9. The van der Waals surface area contributed by atoms with Crippen LogP contribution in [0.1, 0.15) is 106 Å². The van der Waals surface area contributed by atoms with Crippen LogP contribution in [0, 0.1) is 17.8 Å². The molecule has 4 amide bonds. The van der Waals surface area contributed by atoms with E-state index in [2.05, 4.69) is 21.3 Å². The lowest BCUT2D eigenvalue weighted by atomic mass is 9.95. The number of alkyl carbamates (subject to hydrolysis) is 1. The zero-order valence-electron chi connectivity index (χ0n) is 45.9. The average Bonchev–Trinajstić information content (AvgIpc) is 3.35. The van der Waals surface area contributed by atoms with Gasteiger partial charge in [-0.2, -0.15) is 0 Å². The minimum absolute atomic E-state index is 0.0389. The molecule has 0 saturated carbocycles. The van der Waals surface area contributed by atoms with Gasteiger partial charge in [0.1, 0.15) is 48.8 Å². The number of nitrogens with one attached hydrogen (secondary N) is 4. The molecule has 3 aromatic rings. The summed E-state index contributed by atoms with van der Waals surface area (Å²) in [5.41, 5.74) is 1.20. The molecule has 0 fully saturated rings. The summed E-state index contributed by atoms with van der Waals surface area (Å²) in [6, 6.07) is 19.9. The fourth-order valence-corrected chi connectivity index (χ4v) is 7.71. The first kappa shape index (κ1) is 62.6. The van der Waals surface area contributed by atoms with E-state index in [1.807, 2.05) is 50.2 Å². The number of hydrogen-bond acceptors (Lipinski definition) is 15. The van der Waals surface area contributed by atoms with Crippen molar-refractivity contribution in [1.82, 2.24) is 26.2 Å². The molecule has 0 aliphatic heterocycles. The van der Waals surface area contributed by atoms with E-state index in [-0.39, 0.29) is 32.1 Å². The Morgan fingerprint density at radius 3 is 1.76 bits per heavy atom. The van der Waals surface area contributed by atoms with Crippen molar-refractivity contribution < 1.29 is 67.1 Å². The largest absolute Gasteiger partial charge is 0.497 e. The first-order chi connectivity index (χ1) is 35.3. The van der Waals surface area contributed by atoms with Crippen LogP contribution < -0.4 is 26.0 Å². The zero-order chi connectivity index (χ0) is 56.0. The first-order valence-electron chi connectivity index (χ1n) is 25.5. The molecule has 3 aromatic carbocycles. The van der Waals surface area contributed by atoms with Crippen molar-refractivity contribution in [3.05, 3.63) is 102 Å². The standard InChI is InChI=1S/C56H81N5O14/c1-34(2)28-42(31-57-37(7)52(66)71-32-40-20-16-14-17-21-40)58-51(65)49(36(5)6)74-46(63)30-45(62)47(35(3)4)59-50(64)48(60-54(68)75-56(9,10)11)38(8)73-53(67)44(29-39-24-26-43(70-13)27-25-39)61(12)55(69)72-33-41-22-18-15-19-23-41/h14-27,34-38,42,44-45,47-49,57,62H,28-33H2,1-13H3,(H,58,65)(H,59,64)(H,60,68)/t37-,38+,42-,44-,45-,47+,48-,49-/m0/s1. The van der Waals surface area contributed by atoms with Gasteiger partial charge in [0.2, 0.25) is 5.91 Å². The van der Waals surface area contributed by atoms with Gasteiger partial charge in [0, 0.05) is 26.1 Å². The van der Waals surface area contributed by atoms with Gasteiger partial charge in [-0.3, -0.25) is 24.1 Å². The third kappa shape index (κ3) is 22.3. The van der Waals surface area contributed by atoms with Crippen molar-refractivity contribution in [3.8, 4) is 5.75 Å². The lowest BCUT2D eigenvalue weighted by molar-refractivity contribution is -0.161. The number of benzene rings is 3. The van der Waals surface area contributed by atoms with Crippen molar-refractivity contribution in [3.63, 3.8) is 0 Å². The molecule has 414 valence electrons. The van der Waals surface area contributed by atoms with Gasteiger partial charge in [0.25, 0.3) is 5.91 Å². The number of aliphatic hydroxyl groups is 1. The second-order valence-electron chi connectivity index (χ2n) is 20.7. The van der Waals surface area contributed by atoms with E-state index in [0.717, 1.165) is 16.0 Å². The quantitative estimate of drug-likeness (QED) is 0.0390. The van der Waals surface area contributed by atoms with Gasteiger partial charge in [0.15, 0.2) is 6.10 Å². The third-order valence-electron chi connectivity index (χ3n) is 11.8. The number of nitrogens with zero attached hydrogens (tertiary/aromatic N) is 1. The Morgan fingerprint density at radius 1 is 0.667 bits per heavy atom. The number of hydrogen-bond donors (Lipinski definition) is 5. The highest BCUT2D eigenvalue weighted by Gasteiger charge is 2.39. The van der Waals surface area contributed by atoms with Gasteiger partial charge < -0.3 is 54.8 Å². The van der Waals surface area contributed by atoms with Crippen molar-refractivity contribution in [1.29, 1.82) is 0 Å². The Labute approximate surface area is 442 Å². The van der Waals surface area contributed by atoms with E-state index in [4.69, 9.17) is 28.4 Å². The second-order valence-corrected chi connectivity index (χ2v) is 20.7. The molecule has 75 heavy (non-hydrogen) atoms. The second kappa shape index (κ2) is 30.6. The Bertz CT molecular complexity index is 2270. The minimum Gasteiger partial charge on any atom is -0.497 e. The molecule has 0 unspecified atom stereocenters. The Balaban J connectivity index is 1.77. The molecule has 0 heterocycles. The Hall–Kier alpha value is -6.73. The third-order valence-corrected chi connectivity index (χ3v) is 11.8. The molecule has 19 heteroatoms. The maximum Gasteiger partial charge on any atom is 0.410 e. The van der Waals surface area contributed by atoms with Crippen LogP contribution in [-0.4, -0.2) is 127 Å². The summed E-state index contributed by atoms with van der Waals surface area (Å²) in [6.45, 7) is 18.9. The molecular weight excluding hydrogens is 967 g/mol. The fourth-order valence-electron chi connectivity index (χ4n) is 7.71. The molecule has 3 rings (SSSR count). The van der Waals surface area contributed by atoms with Crippen LogP contribution in [0.15, 0.2) is 84.9 Å². The van der Waals surface area contributed by atoms with Crippen LogP contribution in [0.4, 0.5) is 9.59 Å². The van der Waals surface area contributed by atoms with E-state index in [1.165, 1.54) is 21.1 Å². The highest BCUT2D eigenvalue weighted by Crippen LogP contribution is 2.20. The molecule has 0 aliphatic carbocycles. The van der Waals surface area contributed by atoms with E-state index in [0.29, 0.717) is 17.7 Å². The molecule has 19 nitrogen and oxygen atoms in total. The van der Waals surface area contributed by atoms with Crippen LogP contribution in [0.2, 0.25) is 0 Å². The molecule has 8 atom stereocenters. The van der Waals surface area contributed by atoms with Crippen molar-refractivity contribution in [2.75, 3.05) is 20.7 Å². The van der Waals surface area contributed by atoms with Gasteiger partial charge >= 0.3 is 30.1 Å². The molecule has 5 N–H and O–H groups in total. The number of rotatable bonds is 28. The topological polar surface area (TPSA) is 246 Å². The summed E-state index contributed by atoms with van der Waals surface area (Å²) in [6.07, 6.45) is -6.25. The molecule has 0 aliphatic rings. The summed E-state index contributed by atoms with van der Waals surface area (Å²) < 4.78 is 33.4. The van der Waals surface area contributed by atoms with Crippen LogP contribution in [0.5, 0.6) is 5.75 Å². The van der Waals surface area contributed by atoms with E-state index in [9.17, 15) is 38.7 Å². The summed E-state index contributed by atoms with van der Waals surface area (Å²) in [4.78, 5) is 96.5. The normalized spacial score (nSPS) is 14.7. The number of ether oxygens (including phenoxy) is 6. The van der Waals surface area contributed by atoms with Crippen LogP contribution in [-0.2, 0) is 67.3 Å². The van der Waals surface area contributed by atoms with Gasteiger partial charge in [-0.05, 0) is 87.6 Å². The molecular formula is C56H81N5O14. The van der Waals surface area contributed by atoms with E-state index in [1.54, 1.807) is 104 Å². The van der Waals surface area contributed by atoms with Crippen LogP contribution >= 0.6 is 0 Å². The number of likely N-dealkylation sites (N-methyl/N-ethyl adjacent to an activating group) is 1. The average molecular weight is 1050 g/mol. The Morgan fingerprint density at radius 2 is 1.24 bits per heavy atom. The van der Waals surface area contributed by atoms with Crippen molar-refractivity contribution in [2.45, 2.75) is 163 Å². The van der Waals surface area contributed by atoms with E-state index >= 15 is 0 Å². The molecule has 0 spiro atoms. The van der Waals surface area contributed by atoms with E-state index < -0.39 is 114 Å². The molecule has 0 saturated heterocycles. The summed E-state index contributed by atoms with van der Waals surface area (Å²) >= 11 is 0. The van der Waals surface area contributed by atoms with Gasteiger partial charge in [-0.25, -0.2) is 14.4 Å². The Kier molecular flexibility index (Phi) is 25.5. The lowest BCUT2D eigenvalue weighted by Gasteiger charge is -2.33. The van der Waals surface area contributed by atoms with Gasteiger partial charge in [-0.1, -0.05) is 114 Å². The number of amides is 4. The highest BCUT2D eigenvalue weighted by atomic mass is 16.6. The van der Waals surface area contributed by atoms with Crippen molar-refractivity contribution in [2.24, 2.45) is 17.8 Å². The minimum atomic E-state index is -1.63. The van der Waals surface area contributed by atoms with Crippen LogP contribution in [0.3, 0.4) is 0 Å². The predicted molar refractivity (Wildman–Crippen MR) is 281 cm³/mol. The number of carbonyl (C=O) groups is 7. The number of aliphatic hydroxyl groups excluding tert-OH is 1. The first-order valence-corrected chi connectivity index (χ1v) is 25.5. The van der Waals surface area contributed by atoms with Gasteiger partial charge in [0.05, 0.1) is 25.7 Å². The van der Waals surface area contributed by atoms with Gasteiger partial charge in [-0.15, -0.1) is 0 Å². The maximum atomic E-state index is 14.3. The number of esters is 3. The molecule has 0 aromatic heterocycles. The lowest BCUT2D eigenvalue weighted by Crippen LogP contribution is -2.59. The maximum absolute atomic E-state index is 14.3. The van der Waals surface area contributed by atoms with Crippen LogP contribution in [0.25, 0.3) is 0 Å². The highest BCUT2D eigenvalue weighted by molar-refractivity contribution is 5.88. The SMILES string of the molecule is COc1ccc(C[C@@H](C(=O)O[C@H](C)[C@H](NC(=O)OC(C)(C)C)C(=O)N[C@H](C(C)C)[C@@H](O)CC(=O)O[C@H](C(=O)N[C@H](CN[C@@H](C)C(=O)OCc2ccccc2)CC(C)C)C(C)C)N(C)C(=O)OCc2ccccc2)cc1. The summed E-state index contributed by atoms with van der Waals surface area (Å²) in [5.74, 6) is -4.10. The predicted octanol–water partition coefficient (Wildman–Crippen LogP) is 6.41. The fraction of sp³-hybridized carbons (Fsp3) is 0.554. The van der Waals surface area contributed by atoms with Crippen molar-refractivity contribution >= 4 is 41.9 Å². The molecule has 0 radical (unpaired) electrons. The smallest absolute Gasteiger partial charge is 0.410 e. The number of methoxy groups -OCH3 is 1.